The first-order valence-corrected chi connectivity index (χ1v) is 12.4. The summed E-state index contributed by atoms with van der Waals surface area (Å²) in [4.78, 5) is 21.4. The Morgan fingerprint density at radius 1 is 1.11 bits per heavy atom. The lowest BCUT2D eigenvalue weighted by Crippen LogP contribution is -2.18. The molecule has 4 rings (SSSR count). The van der Waals surface area contributed by atoms with Crippen molar-refractivity contribution in [2.45, 2.75) is 20.4 Å². The maximum Gasteiger partial charge on any atom is 0.274 e. The van der Waals surface area contributed by atoms with Crippen molar-refractivity contribution in [2.75, 3.05) is 25.6 Å². The van der Waals surface area contributed by atoms with E-state index in [1.807, 2.05) is 38.1 Å². The highest BCUT2D eigenvalue weighted by Gasteiger charge is 2.19. The molecule has 0 atom stereocenters. The SMILES string of the molecule is COc1cc(-c2nccc(-c3cccc(NC(=O)c4ccc(C)cn4)c3C)c2Cl)cc(F)c1CNCCO. The molecule has 2 aromatic carbocycles. The van der Waals surface area contributed by atoms with Crippen LogP contribution >= 0.6 is 11.6 Å². The van der Waals surface area contributed by atoms with E-state index in [2.05, 4.69) is 20.6 Å². The van der Waals surface area contributed by atoms with E-state index in [0.29, 0.717) is 51.1 Å². The average Bonchev–Trinajstić information content (AvgIpc) is 2.91. The Labute approximate surface area is 225 Å². The molecule has 7 nitrogen and oxygen atoms in total. The topological polar surface area (TPSA) is 96.4 Å². The second kappa shape index (κ2) is 12.1. The van der Waals surface area contributed by atoms with Gasteiger partial charge in [-0.2, -0.15) is 0 Å². The summed E-state index contributed by atoms with van der Waals surface area (Å²) in [5, 5.41) is 15.2. The molecule has 0 aliphatic carbocycles. The maximum absolute atomic E-state index is 15.1. The Kier molecular flexibility index (Phi) is 8.68. The molecule has 0 aliphatic heterocycles. The van der Waals surface area contributed by atoms with Gasteiger partial charge in [0.15, 0.2) is 0 Å². The number of aliphatic hydroxyl groups excluding tert-OH is 1. The normalized spacial score (nSPS) is 10.9. The first-order chi connectivity index (χ1) is 18.3. The Morgan fingerprint density at radius 2 is 1.92 bits per heavy atom. The van der Waals surface area contributed by atoms with Gasteiger partial charge >= 0.3 is 0 Å². The van der Waals surface area contributed by atoms with Crippen LogP contribution in [0.3, 0.4) is 0 Å². The number of methoxy groups -OCH3 is 1. The summed E-state index contributed by atoms with van der Waals surface area (Å²) < 4.78 is 20.5. The van der Waals surface area contributed by atoms with Gasteiger partial charge in [-0.1, -0.05) is 29.8 Å². The smallest absolute Gasteiger partial charge is 0.274 e. The van der Waals surface area contributed by atoms with Gasteiger partial charge in [-0.3, -0.25) is 14.8 Å². The molecule has 3 N–H and O–H groups in total. The number of anilines is 1. The van der Waals surface area contributed by atoms with E-state index < -0.39 is 5.82 Å². The van der Waals surface area contributed by atoms with Crippen LogP contribution in [0.4, 0.5) is 10.1 Å². The lowest BCUT2D eigenvalue weighted by Gasteiger charge is -2.16. The third kappa shape index (κ3) is 5.83. The standard InChI is InChI=1S/C29H28ClFN4O3/c1-17-7-8-25(34-15-17)29(37)35-24-6-4-5-20(18(24)2)21-9-10-33-28(27(21)30)19-13-23(31)22(16-32-11-12-36)26(14-19)38-3/h4-10,13-15,32,36H,11-12,16H2,1-3H3,(H,35,37). The number of aromatic nitrogens is 2. The third-order valence-electron chi connectivity index (χ3n) is 6.14. The van der Waals surface area contributed by atoms with Gasteiger partial charge in [0.2, 0.25) is 0 Å². The largest absolute Gasteiger partial charge is 0.496 e. The van der Waals surface area contributed by atoms with Gasteiger partial charge < -0.3 is 20.5 Å². The van der Waals surface area contributed by atoms with E-state index in [4.69, 9.17) is 21.4 Å². The second-order valence-corrected chi connectivity index (χ2v) is 9.09. The van der Waals surface area contributed by atoms with Gasteiger partial charge in [-0.25, -0.2) is 4.39 Å². The third-order valence-corrected chi connectivity index (χ3v) is 6.53. The van der Waals surface area contributed by atoms with Crippen LogP contribution in [0.2, 0.25) is 5.02 Å². The van der Waals surface area contributed by atoms with Gasteiger partial charge in [0, 0.05) is 47.9 Å². The minimum Gasteiger partial charge on any atom is -0.496 e. The monoisotopic (exact) mass is 534 g/mol. The number of amides is 1. The minimum absolute atomic E-state index is 0.0541. The number of benzene rings is 2. The number of halogens is 2. The molecule has 4 aromatic rings. The van der Waals surface area contributed by atoms with E-state index >= 15 is 4.39 Å². The van der Waals surface area contributed by atoms with Crippen molar-refractivity contribution in [3.63, 3.8) is 0 Å². The summed E-state index contributed by atoms with van der Waals surface area (Å²) >= 11 is 6.85. The van der Waals surface area contributed by atoms with E-state index in [0.717, 1.165) is 16.7 Å². The average molecular weight is 535 g/mol. The molecule has 0 fully saturated rings. The van der Waals surface area contributed by atoms with Crippen LogP contribution in [-0.4, -0.2) is 41.2 Å². The van der Waals surface area contributed by atoms with Crippen LogP contribution in [0.25, 0.3) is 22.4 Å². The van der Waals surface area contributed by atoms with Crippen LogP contribution in [-0.2, 0) is 6.54 Å². The highest BCUT2D eigenvalue weighted by molar-refractivity contribution is 6.35. The summed E-state index contributed by atoms with van der Waals surface area (Å²) in [5.74, 6) is -0.444. The Balaban J connectivity index is 1.68. The number of ether oxygens (including phenoxy) is 1. The van der Waals surface area contributed by atoms with Crippen LogP contribution in [0, 0.1) is 19.7 Å². The fourth-order valence-electron chi connectivity index (χ4n) is 4.10. The fourth-order valence-corrected chi connectivity index (χ4v) is 4.42. The molecule has 0 bridgehead atoms. The molecule has 0 saturated heterocycles. The van der Waals surface area contributed by atoms with Gasteiger partial charge in [-0.15, -0.1) is 0 Å². The number of hydrogen-bond acceptors (Lipinski definition) is 6. The number of aliphatic hydroxyl groups is 1. The van der Waals surface area contributed by atoms with Crippen molar-refractivity contribution < 1.29 is 19.0 Å². The van der Waals surface area contributed by atoms with Crippen molar-refractivity contribution in [3.05, 3.63) is 94.1 Å². The Bertz CT molecular complexity index is 1460. The molecule has 0 unspecified atom stereocenters. The molecular weight excluding hydrogens is 507 g/mol. The highest BCUT2D eigenvalue weighted by atomic mass is 35.5. The molecule has 0 aliphatic rings. The van der Waals surface area contributed by atoms with Crippen LogP contribution in [0.5, 0.6) is 5.75 Å². The predicted molar refractivity (Wildman–Crippen MR) is 147 cm³/mol. The number of rotatable bonds is 9. The molecule has 38 heavy (non-hydrogen) atoms. The summed E-state index contributed by atoms with van der Waals surface area (Å²) in [5.41, 5.74) is 5.40. The number of nitrogens with zero attached hydrogens (tertiary/aromatic N) is 2. The minimum atomic E-state index is -0.473. The number of hydrogen-bond donors (Lipinski definition) is 3. The summed E-state index contributed by atoms with van der Waals surface area (Å²) in [7, 11) is 1.47. The van der Waals surface area contributed by atoms with Crippen LogP contribution < -0.4 is 15.4 Å². The lowest BCUT2D eigenvalue weighted by molar-refractivity contribution is 0.102. The van der Waals surface area contributed by atoms with Gasteiger partial charge in [0.25, 0.3) is 5.91 Å². The zero-order valence-electron chi connectivity index (χ0n) is 21.3. The Hall–Kier alpha value is -3.85. The molecule has 0 saturated carbocycles. The molecular formula is C29H28ClFN4O3. The van der Waals surface area contributed by atoms with Crippen LogP contribution in [0.15, 0.2) is 60.9 Å². The van der Waals surface area contributed by atoms with Crippen molar-refractivity contribution in [2.24, 2.45) is 0 Å². The highest BCUT2D eigenvalue weighted by Crippen LogP contribution is 2.39. The van der Waals surface area contributed by atoms with Crippen molar-refractivity contribution in [1.29, 1.82) is 0 Å². The molecule has 196 valence electrons. The Morgan fingerprint density at radius 3 is 2.63 bits per heavy atom. The van der Waals surface area contributed by atoms with Gasteiger partial charge in [-0.05, 0) is 60.9 Å². The molecule has 9 heteroatoms. The predicted octanol–water partition coefficient (Wildman–Crippen LogP) is 5.56. The van der Waals surface area contributed by atoms with Crippen LogP contribution in [0.1, 0.15) is 27.2 Å². The number of nitrogens with one attached hydrogen (secondary N) is 2. The van der Waals surface area contributed by atoms with E-state index in [1.165, 1.54) is 13.2 Å². The molecule has 0 spiro atoms. The van der Waals surface area contributed by atoms with Gasteiger partial charge in [0.05, 0.1) is 24.4 Å². The zero-order chi connectivity index (χ0) is 27.2. The summed E-state index contributed by atoms with van der Waals surface area (Å²) in [6, 6.07) is 13.9. The molecule has 2 aromatic heterocycles. The summed E-state index contributed by atoms with van der Waals surface area (Å²) in [6.45, 7) is 4.28. The second-order valence-electron chi connectivity index (χ2n) is 8.71. The molecule has 2 heterocycles. The van der Waals surface area contributed by atoms with Crippen molar-refractivity contribution in [3.8, 4) is 28.1 Å². The van der Waals surface area contributed by atoms with Crippen molar-refractivity contribution in [1.82, 2.24) is 15.3 Å². The lowest BCUT2D eigenvalue weighted by atomic mass is 9.97. The number of aryl methyl sites for hydroxylation is 1. The quantitative estimate of drug-likeness (QED) is 0.243. The zero-order valence-corrected chi connectivity index (χ0v) is 22.1. The number of pyridine rings is 2. The maximum atomic E-state index is 15.1. The number of carbonyl (C=O) groups is 1. The van der Waals surface area contributed by atoms with E-state index in [1.54, 1.807) is 30.6 Å². The van der Waals surface area contributed by atoms with Gasteiger partial charge in [0.1, 0.15) is 17.3 Å². The van der Waals surface area contributed by atoms with Crippen molar-refractivity contribution >= 4 is 23.2 Å². The molecule has 1 amide bonds. The first-order valence-electron chi connectivity index (χ1n) is 12.0. The van der Waals surface area contributed by atoms with E-state index in [9.17, 15) is 4.79 Å². The summed E-state index contributed by atoms with van der Waals surface area (Å²) in [6.07, 6.45) is 3.25. The molecule has 0 radical (unpaired) electrons. The number of carbonyl (C=O) groups excluding carboxylic acids is 1. The fraction of sp³-hybridized carbons (Fsp3) is 0.207. The first kappa shape index (κ1) is 27.2. The van der Waals surface area contributed by atoms with E-state index in [-0.39, 0.29) is 19.1 Å².